The van der Waals surface area contributed by atoms with Crippen LogP contribution in [-0.2, 0) is 9.47 Å². The number of hydrogen-bond donors (Lipinski definition) is 0. The Hall–Kier alpha value is -1.84. The minimum Gasteiger partial charge on any atom is -0.462 e. The lowest BCUT2D eigenvalue weighted by Crippen LogP contribution is -2.19. The molecule has 0 aliphatic heterocycles. The Kier molecular flexibility index (Phi) is 9.23. The lowest BCUT2D eigenvalue weighted by atomic mass is 10.0. The molecule has 2 unspecified atom stereocenters. The smallest absolute Gasteiger partial charge is 0.339 e. The molecule has 1 aromatic carbocycles. The summed E-state index contributed by atoms with van der Waals surface area (Å²) in [5.74, 6) is -1.52. The van der Waals surface area contributed by atoms with Crippen molar-refractivity contribution in [2.75, 3.05) is 13.2 Å². The number of hydrogen-bond acceptors (Lipinski definition) is 4. The van der Waals surface area contributed by atoms with E-state index >= 15 is 0 Å². The number of esters is 2. The molecule has 1 aromatic rings. The Balaban J connectivity index is 3.15. The van der Waals surface area contributed by atoms with Crippen LogP contribution in [0.1, 0.15) is 105 Å². The van der Waals surface area contributed by atoms with E-state index in [4.69, 9.17) is 15.0 Å². The fraction of sp³-hybridized carbons (Fsp3) is 0.667. The first kappa shape index (κ1) is 18.2. The van der Waals surface area contributed by atoms with Crippen LogP contribution >= 0.6 is 0 Å². The lowest BCUT2D eigenvalue weighted by Gasteiger charge is -2.17. The van der Waals surface area contributed by atoms with Gasteiger partial charge >= 0.3 is 11.9 Å². The van der Waals surface area contributed by atoms with Crippen LogP contribution in [0.15, 0.2) is 24.2 Å². The summed E-state index contributed by atoms with van der Waals surface area (Å²) in [4.78, 5) is 25.7. The molecule has 0 spiro atoms. The van der Waals surface area contributed by atoms with E-state index in [0.717, 1.165) is 51.4 Å². The van der Waals surface area contributed by atoms with E-state index < -0.39 is 47.2 Å². The van der Waals surface area contributed by atoms with Gasteiger partial charge in [-0.2, -0.15) is 0 Å². The average Bonchev–Trinajstić information content (AvgIpc) is 2.79. The van der Waals surface area contributed by atoms with Crippen molar-refractivity contribution in [1.29, 1.82) is 0 Å². The normalized spacial score (nSPS) is 15.0. The van der Waals surface area contributed by atoms with Gasteiger partial charge < -0.3 is 9.47 Å². The fourth-order valence-electron chi connectivity index (χ4n) is 2.95. The molecular formula is C24H38O4. The molecule has 1 rings (SSSR count). The summed E-state index contributed by atoms with van der Waals surface area (Å²) in [5.41, 5.74) is -0.902. The standard InChI is InChI=1S/C24H38O4/c1-5-9-13-19(7-3)17-27-23(25)21-15-11-12-16-22(21)24(26)28-18-20(8-4)14-10-6-2/h11-12,15-16,19-20H,5-10,13-14,17-18H2,1-4H3/i11D,12D,15D,16D. The third-order valence-electron chi connectivity index (χ3n) is 5.08. The molecule has 0 bridgehead atoms. The molecule has 0 aliphatic rings. The molecule has 4 heteroatoms. The van der Waals surface area contributed by atoms with Gasteiger partial charge in [0.1, 0.15) is 0 Å². The van der Waals surface area contributed by atoms with Crippen molar-refractivity contribution in [3.05, 3.63) is 35.3 Å². The van der Waals surface area contributed by atoms with Crippen molar-refractivity contribution in [2.24, 2.45) is 11.8 Å². The Bertz CT molecular complexity index is 704. The van der Waals surface area contributed by atoms with Gasteiger partial charge in [-0.3, -0.25) is 0 Å². The van der Waals surface area contributed by atoms with Crippen LogP contribution in [0.5, 0.6) is 0 Å². The number of benzene rings is 1. The highest BCUT2D eigenvalue weighted by Gasteiger charge is 2.21. The van der Waals surface area contributed by atoms with E-state index in [-0.39, 0.29) is 25.0 Å². The van der Waals surface area contributed by atoms with Gasteiger partial charge in [-0.25, -0.2) is 9.59 Å². The van der Waals surface area contributed by atoms with E-state index in [9.17, 15) is 9.59 Å². The van der Waals surface area contributed by atoms with Crippen LogP contribution in [0, 0.1) is 11.8 Å². The first-order valence-electron chi connectivity index (χ1n) is 12.7. The van der Waals surface area contributed by atoms with E-state index in [0.29, 0.717) is 0 Å². The summed E-state index contributed by atoms with van der Waals surface area (Å²) in [6.45, 7) is 8.47. The molecule has 0 saturated carbocycles. The van der Waals surface area contributed by atoms with Gasteiger partial charge in [-0.05, 0) is 36.8 Å². The highest BCUT2D eigenvalue weighted by molar-refractivity contribution is 6.03. The van der Waals surface area contributed by atoms with Crippen LogP contribution < -0.4 is 0 Å². The molecule has 0 saturated heterocycles. The largest absolute Gasteiger partial charge is 0.462 e. The number of rotatable bonds is 14. The molecule has 0 N–H and O–H groups in total. The van der Waals surface area contributed by atoms with E-state index in [1.807, 2.05) is 13.8 Å². The van der Waals surface area contributed by atoms with Crippen LogP contribution in [0.4, 0.5) is 0 Å². The van der Waals surface area contributed by atoms with Crippen molar-refractivity contribution in [3.63, 3.8) is 0 Å². The third-order valence-corrected chi connectivity index (χ3v) is 5.08. The van der Waals surface area contributed by atoms with Crippen molar-refractivity contribution in [2.45, 2.75) is 79.1 Å². The number of ether oxygens (including phenoxy) is 2. The van der Waals surface area contributed by atoms with Crippen molar-refractivity contribution in [3.8, 4) is 0 Å². The van der Waals surface area contributed by atoms with Gasteiger partial charge in [0.2, 0.25) is 0 Å². The highest BCUT2D eigenvalue weighted by atomic mass is 16.5. The summed E-state index contributed by atoms with van der Waals surface area (Å²) in [6.07, 6.45) is 7.53. The van der Waals surface area contributed by atoms with Gasteiger partial charge in [-0.1, -0.05) is 78.3 Å². The number of unbranched alkanes of at least 4 members (excludes halogenated alkanes) is 2. The molecule has 0 amide bonds. The predicted molar refractivity (Wildman–Crippen MR) is 114 cm³/mol. The number of carbonyl (C=O) groups is 2. The molecule has 28 heavy (non-hydrogen) atoms. The van der Waals surface area contributed by atoms with Gasteiger partial charge in [0.25, 0.3) is 0 Å². The molecule has 4 nitrogen and oxygen atoms in total. The second-order valence-electron chi connectivity index (χ2n) is 7.28. The maximum absolute atomic E-state index is 12.9. The quantitative estimate of drug-likeness (QED) is 0.341. The van der Waals surface area contributed by atoms with Crippen LogP contribution in [0.2, 0.25) is 0 Å². The summed E-state index contributed by atoms with van der Waals surface area (Å²) >= 11 is 0. The molecular weight excluding hydrogens is 352 g/mol. The molecule has 0 aliphatic carbocycles. The van der Waals surface area contributed by atoms with Gasteiger partial charge in [0.15, 0.2) is 0 Å². The van der Waals surface area contributed by atoms with Crippen LogP contribution in [0.3, 0.4) is 0 Å². The zero-order chi connectivity index (χ0) is 24.3. The molecule has 0 radical (unpaired) electrons. The highest BCUT2D eigenvalue weighted by Crippen LogP contribution is 2.18. The fourth-order valence-corrected chi connectivity index (χ4v) is 2.95. The summed E-state index contributed by atoms with van der Waals surface area (Å²) in [7, 11) is 0. The first-order valence-corrected chi connectivity index (χ1v) is 10.7. The molecule has 0 heterocycles. The second-order valence-corrected chi connectivity index (χ2v) is 7.28. The lowest BCUT2D eigenvalue weighted by molar-refractivity contribution is 0.0381. The van der Waals surface area contributed by atoms with Crippen molar-refractivity contribution >= 4 is 11.9 Å². The van der Waals surface area contributed by atoms with Gasteiger partial charge in [-0.15, -0.1) is 0 Å². The summed E-state index contributed by atoms with van der Waals surface area (Å²) < 4.78 is 43.0. The Morgan fingerprint density at radius 3 is 1.54 bits per heavy atom. The second kappa shape index (κ2) is 14.2. The van der Waals surface area contributed by atoms with Gasteiger partial charge in [0.05, 0.1) is 29.8 Å². The predicted octanol–water partition coefficient (Wildman–Crippen LogP) is 6.43. The van der Waals surface area contributed by atoms with Crippen molar-refractivity contribution < 1.29 is 24.5 Å². The monoisotopic (exact) mass is 394 g/mol. The Morgan fingerprint density at radius 2 is 1.21 bits per heavy atom. The maximum atomic E-state index is 12.9. The SMILES string of the molecule is [2H]c1c([2H])c([2H])c(C(=O)OCC(CC)CCCC)c(C(=O)OCC(CC)CCCC)c1[2H]. The maximum Gasteiger partial charge on any atom is 0.339 e. The summed E-state index contributed by atoms with van der Waals surface area (Å²) in [6, 6.07) is -2.32. The topological polar surface area (TPSA) is 52.6 Å². The zero-order valence-electron chi connectivity index (χ0n) is 21.9. The van der Waals surface area contributed by atoms with E-state index in [1.54, 1.807) is 0 Å². The minimum absolute atomic E-state index is 0.140. The van der Waals surface area contributed by atoms with E-state index in [2.05, 4.69) is 13.8 Å². The van der Waals surface area contributed by atoms with Crippen LogP contribution in [-0.4, -0.2) is 25.2 Å². The van der Waals surface area contributed by atoms with E-state index in [1.165, 1.54) is 0 Å². The minimum atomic E-state index is -0.920. The molecule has 0 aromatic heterocycles. The molecule has 158 valence electrons. The first-order chi connectivity index (χ1) is 15.2. The van der Waals surface area contributed by atoms with Gasteiger partial charge in [0, 0.05) is 0 Å². The Morgan fingerprint density at radius 1 is 0.821 bits per heavy atom. The van der Waals surface area contributed by atoms with Crippen molar-refractivity contribution in [1.82, 2.24) is 0 Å². The Labute approximate surface area is 176 Å². The summed E-state index contributed by atoms with van der Waals surface area (Å²) in [5, 5.41) is 0. The number of carbonyl (C=O) groups excluding carboxylic acids is 2. The molecule has 0 fully saturated rings. The molecule has 2 atom stereocenters. The third kappa shape index (κ3) is 8.45. The van der Waals surface area contributed by atoms with Crippen LogP contribution in [0.25, 0.3) is 0 Å². The average molecular weight is 395 g/mol. The zero-order valence-corrected chi connectivity index (χ0v) is 17.9.